The van der Waals surface area contributed by atoms with Gasteiger partial charge in [0.05, 0.1) is 44.9 Å². The predicted molar refractivity (Wildman–Crippen MR) is 140 cm³/mol. The van der Waals surface area contributed by atoms with Crippen molar-refractivity contribution in [3.63, 3.8) is 0 Å². The van der Waals surface area contributed by atoms with E-state index < -0.39 is 16.1 Å². The number of aromatic nitrogens is 5. The van der Waals surface area contributed by atoms with E-state index >= 15 is 0 Å². The molecule has 0 fully saturated rings. The average Bonchev–Trinajstić information content (AvgIpc) is 3.57. The van der Waals surface area contributed by atoms with Gasteiger partial charge in [-0.05, 0) is 37.3 Å². The Balaban J connectivity index is 1.26. The number of halogens is 2. The lowest BCUT2D eigenvalue weighted by Gasteiger charge is -2.17. The number of benzene rings is 2. The molecule has 2 aromatic carbocycles. The molecule has 188 valence electrons. The van der Waals surface area contributed by atoms with Gasteiger partial charge in [0.25, 0.3) is 0 Å². The van der Waals surface area contributed by atoms with E-state index in [4.69, 9.17) is 27.9 Å². The van der Waals surface area contributed by atoms with Crippen molar-refractivity contribution in [1.82, 2.24) is 29.5 Å². The molecule has 0 spiro atoms. The molecule has 9 nitrogen and oxygen atoms in total. The van der Waals surface area contributed by atoms with Crippen LogP contribution in [0, 0.1) is 0 Å². The van der Waals surface area contributed by atoms with Crippen LogP contribution in [-0.2, 0) is 23.1 Å². The second kappa shape index (κ2) is 9.14. The van der Waals surface area contributed by atoms with E-state index in [1.807, 2.05) is 25.1 Å². The molecule has 0 bridgehead atoms. The maximum Gasteiger partial charge on any atom is 0.243 e. The maximum absolute atomic E-state index is 13.0. The van der Waals surface area contributed by atoms with E-state index in [9.17, 15) is 8.42 Å². The third kappa shape index (κ3) is 4.25. The summed E-state index contributed by atoms with van der Waals surface area (Å²) in [7, 11) is -3.61. The number of fused-ring (bicyclic) bond motifs is 2. The third-order valence-electron chi connectivity index (χ3n) is 6.27. The Morgan fingerprint density at radius 3 is 2.54 bits per heavy atom. The van der Waals surface area contributed by atoms with Crippen LogP contribution < -0.4 is 4.74 Å². The van der Waals surface area contributed by atoms with Crippen LogP contribution in [0.25, 0.3) is 22.4 Å². The van der Waals surface area contributed by atoms with Crippen molar-refractivity contribution in [2.24, 2.45) is 0 Å². The highest BCUT2D eigenvalue weighted by Gasteiger charge is 2.33. The summed E-state index contributed by atoms with van der Waals surface area (Å²) in [6.45, 7) is 2.26. The number of imidazole rings is 1. The highest BCUT2D eigenvalue weighted by Crippen LogP contribution is 2.35. The summed E-state index contributed by atoms with van der Waals surface area (Å²) < 4.78 is 33.5. The van der Waals surface area contributed by atoms with E-state index in [1.54, 1.807) is 30.3 Å². The molecule has 0 radical (unpaired) electrons. The van der Waals surface area contributed by atoms with Gasteiger partial charge in [-0.15, -0.1) is 0 Å². The smallest absolute Gasteiger partial charge is 0.243 e. The molecular formula is C25H20Cl2N6O3S. The van der Waals surface area contributed by atoms with Crippen molar-refractivity contribution in [1.29, 1.82) is 0 Å². The molecule has 4 heterocycles. The number of pyridine rings is 1. The summed E-state index contributed by atoms with van der Waals surface area (Å²) in [5.74, 6) is 1.16. The number of sulfonamides is 1. The maximum atomic E-state index is 13.0. The summed E-state index contributed by atoms with van der Waals surface area (Å²) in [6.07, 6.45) is 2.64. The number of nitrogens with one attached hydrogen (secondary N) is 2. The van der Waals surface area contributed by atoms with Gasteiger partial charge >= 0.3 is 0 Å². The van der Waals surface area contributed by atoms with Gasteiger partial charge in [-0.25, -0.2) is 13.4 Å². The van der Waals surface area contributed by atoms with E-state index in [0.717, 1.165) is 16.6 Å². The normalized spacial score (nSPS) is 14.7. The summed E-state index contributed by atoms with van der Waals surface area (Å²) in [6, 6.07) is 14.0. The summed E-state index contributed by atoms with van der Waals surface area (Å²) in [5.41, 5.74) is 3.49. The lowest BCUT2D eigenvalue weighted by molar-refractivity contribution is 0.227. The Labute approximate surface area is 222 Å². The van der Waals surface area contributed by atoms with Crippen LogP contribution in [0.1, 0.15) is 30.0 Å². The molecule has 1 aliphatic heterocycles. The topological polar surface area (TPSA) is 117 Å². The molecule has 0 amide bonds. The Morgan fingerprint density at radius 1 is 1.05 bits per heavy atom. The molecule has 1 atom stereocenters. The molecule has 0 saturated carbocycles. The predicted octanol–water partition coefficient (Wildman–Crippen LogP) is 5.50. The first-order valence-electron chi connectivity index (χ1n) is 11.4. The van der Waals surface area contributed by atoms with Crippen LogP contribution in [0.5, 0.6) is 5.75 Å². The minimum absolute atomic E-state index is 0.185. The van der Waals surface area contributed by atoms with Gasteiger partial charge in [-0.1, -0.05) is 41.4 Å². The molecule has 6 rings (SSSR count). The lowest BCUT2D eigenvalue weighted by atomic mass is 10.1. The number of nitrogens with zero attached hydrogens (tertiary/aromatic N) is 4. The molecule has 0 aliphatic carbocycles. The lowest BCUT2D eigenvalue weighted by Crippen LogP contribution is -2.26. The van der Waals surface area contributed by atoms with E-state index in [2.05, 4.69) is 25.1 Å². The molecule has 37 heavy (non-hydrogen) atoms. The molecule has 1 unspecified atom stereocenters. The van der Waals surface area contributed by atoms with Crippen molar-refractivity contribution in [3.05, 3.63) is 87.9 Å². The highest BCUT2D eigenvalue weighted by molar-refractivity contribution is 7.89. The fourth-order valence-electron chi connectivity index (χ4n) is 4.45. The first kappa shape index (κ1) is 23.9. The second-order valence-corrected chi connectivity index (χ2v) is 11.4. The number of rotatable bonds is 6. The summed E-state index contributed by atoms with van der Waals surface area (Å²) >= 11 is 12.6. The van der Waals surface area contributed by atoms with E-state index in [0.29, 0.717) is 38.6 Å². The van der Waals surface area contributed by atoms with Crippen LogP contribution in [0.3, 0.4) is 0 Å². The second-order valence-electron chi connectivity index (χ2n) is 8.65. The minimum Gasteiger partial charge on any atom is -0.486 e. The zero-order valence-corrected chi connectivity index (χ0v) is 21.8. The number of H-pyrrole nitrogens is 2. The quantitative estimate of drug-likeness (QED) is 0.286. The van der Waals surface area contributed by atoms with Gasteiger partial charge in [-0.2, -0.15) is 9.40 Å². The monoisotopic (exact) mass is 554 g/mol. The van der Waals surface area contributed by atoms with E-state index in [1.165, 1.54) is 16.7 Å². The molecule has 12 heteroatoms. The SMILES string of the molecule is CC(Oc1ccc2[nH]nc(-c3nc4c([nH]3)CN(S(=O)(=O)c3ccccc3)C4)c2c1)c1c(Cl)cncc1Cl. The fourth-order valence-corrected chi connectivity index (χ4v) is 6.51. The van der Waals surface area contributed by atoms with Crippen LogP contribution in [0.15, 0.2) is 65.8 Å². The third-order valence-corrected chi connectivity index (χ3v) is 8.68. The van der Waals surface area contributed by atoms with Crippen LogP contribution in [-0.4, -0.2) is 37.9 Å². The van der Waals surface area contributed by atoms with Crippen molar-refractivity contribution >= 4 is 44.1 Å². The molecule has 1 aliphatic rings. The molecule has 3 aromatic heterocycles. The van der Waals surface area contributed by atoms with Gasteiger partial charge in [0.15, 0.2) is 5.82 Å². The molecule has 0 saturated heterocycles. The largest absolute Gasteiger partial charge is 0.486 e. The Morgan fingerprint density at radius 2 is 1.81 bits per heavy atom. The zero-order chi connectivity index (χ0) is 25.7. The van der Waals surface area contributed by atoms with Crippen LogP contribution in [0.2, 0.25) is 10.0 Å². The Bertz CT molecular complexity index is 1690. The molecular weight excluding hydrogens is 535 g/mol. The van der Waals surface area contributed by atoms with Gasteiger partial charge < -0.3 is 9.72 Å². The first-order chi connectivity index (χ1) is 17.8. The van der Waals surface area contributed by atoms with Crippen LogP contribution in [0.4, 0.5) is 0 Å². The number of hydrogen-bond acceptors (Lipinski definition) is 6. The Kier molecular flexibility index (Phi) is 5.91. The van der Waals surface area contributed by atoms with Crippen LogP contribution >= 0.6 is 23.2 Å². The summed E-state index contributed by atoms with van der Waals surface area (Å²) in [4.78, 5) is 12.2. The van der Waals surface area contributed by atoms with Gasteiger partial charge in [0.1, 0.15) is 17.5 Å². The number of aromatic amines is 2. The van der Waals surface area contributed by atoms with Gasteiger partial charge in [0.2, 0.25) is 10.0 Å². The standard InChI is InChI=1S/C25H20Cl2N6O3S/c1-14(23-18(26)10-28-11-19(23)27)36-15-7-8-20-17(9-15)24(32-31-20)25-29-21-12-33(13-22(21)30-25)37(34,35)16-5-3-2-4-6-16/h2-11,14H,12-13H2,1H3,(H,29,30)(H,31,32). The van der Waals surface area contributed by atoms with Crippen molar-refractivity contribution in [2.45, 2.75) is 31.0 Å². The summed E-state index contributed by atoms with van der Waals surface area (Å²) in [5, 5.41) is 9.12. The number of ether oxygens (including phenoxy) is 1. The Hall–Kier alpha value is -3.44. The first-order valence-corrected chi connectivity index (χ1v) is 13.6. The highest BCUT2D eigenvalue weighted by atomic mass is 35.5. The van der Waals surface area contributed by atoms with Gasteiger partial charge in [0, 0.05) is 23.3 Å². The van der Waals surface area contributed by atoms with Crippen molar-refractivity contribution in [3.8, 4) is 17.3 Å². The fraction of sp³-hybridized carbons (Fsp3) is 0.160. The molecule has 2 N–H and O–H groups in total. The minimum atomic E-state index is -3.61. The van der Waals surface area contributed by atoms with Crippen molar-refractivity contribution < 1.29 is 13.2 Å². The average molecular weight is 555 g/mol. The van der Waals surface area contributed by atoms with E-state index in [-0.39, 0.29) is 18.0 Å². The van der Waals surface area contributed by atoms with Gasteiger partial charge in [-0.3, -0.25) is 10.1 Å². The van der Waals surface area contributed by atoms with Crippen molar-refractivity contribution in [2.75, 3.05) is 0 Å². The molecule has 5 aromatic rings. The number of hydrogen-bond donors (Lipinski definition) is 2. The zero-order valence-electron chi connectivity index (χ0n) is 19.4.